The van der Waals surface area contributed by atoms with Gasteiger partial charge >= 0.3 is 0 Å². The Hall–Kier alpha value is -3.98. The summed E-state index contributed by atoms with van der Waals surface area (Å²) in [6.45, 7) is 0.360. The Morgan fingerprint density at radius 2 is 1.80 bits per heavy atom. The lowest BCUT2D eigenvalue weighted by atomic mass is 10.1. The summed E-state index contributed by atoms with van der Waals surface area (Å²) in [4.78, 5) is 12.6. The van der Waals surface area contributed by atoms with Crippen LogP contribution in [0.2, 0.25) is 10.0 Å². The Morgan fingerprint density at radius 1 is 1.00 bits per heavy atom. The molecule has 0 spiro atoms. The molecular weight excluding hydrogens is 483 g/mol. The molecule has 1 N–H and O–H groups in total. The first-order valence-electron chi connectivity index (χ1n) is 10.6. The second-order valence-electron chi connectivity index (χ2n) is 7.59. The fourth-order valence-corrected chi connectivity index (χ4v) is 3.90. The van der Waals surface area contributed by atoms with Gasteiger partial charge in [-0.1, -0.05) is 71.7 Å². The number of nitriles is 1. The van der Waals surface area contributed by atoms with Crippen LogP contribution in [0.4, 0.5) is 5.69 Å². The molecule has 0 saturated heterocycles. The standard InChI is InChI=1S/C28H20Cl2N2O3/c1-34-27-14-18(13-21(16-31)28(33)32-25-15-22(29)10-11-24(25)30)9-12-26(27)35-17-20-7-4-6-19-5-2-3-8-23(19)20/h2-15H,17H2,1H3,(H,32,33)/b21-13-. The number of nitrogens with zero attached hydrogens (tertiary/aromatic N) is 1. The predicted octanol–water partition coefficient (Wildman–Crippen LogP) is 7.28. The van der Waals surface area contributed by atoms with E-state index in [2.05, 4.69) is 23.5 Å². The highest BCUT2D eigenvalue weighted by atomic mass is 35.5. The molecule has 4 aromatic rings. The monoisotopic (exact) mass is 502 g/mol. The SMILES string of the molecule is COc1cc(/C=C(/C#N)C(=O)Nc2cc(Cl)ccc2Cl)ccc1OCc1cccc2ccccc12. The van der Waals surface area contributed by atoms with Gasteiger partial charge < -0.3 is 14.8 Å². The summed E-state index contributed by atoms with van der Waals surface area (Å²) in [5, 5.41) is 15.1. The Labute approximate surface area is 213 Å². The zero-order chi connectivity index (χ0) is 24.8. The van der Waals surface area contributed by atoms with Gasteiger partial charge in [-0.05, 0) is 58.3 Å². The Kier molecular flexibility index (Phi) is 7.57. The molecule has 7 heteroatoms. The number of amides is 1. The summed E-state index contributed by atoms with van der Waals surface area (Å²) >= 11 is 12.1. The predicted molar refractivity (Wildman–Crippen MR) is 140 cm³/mol. The number of halogens is 2. The molecule has 0 aliphatic heterocycles. The molecular formula is C28H20Cl2N2O3. The molecule has 0 aliphatic rings. The Bertz CT molecular complexity index is 1470. The summed E-state index contributed by atoms with van der Waals surface area (Å²) in [6, 6.07) is 26.0. The number of carbonyl (C=O) groups is 1. The molecule has 0 saturated carbocycles. The summed E-state index contributed by atoms with van der Waals surface area (Å²) < 4.78 is 11.5. The molecule has 0 fully saturated rings. The second-order valence-corrected chi connectivity index (χ2v) is 8.43. The number of rotatable bonds is 7. The van der Waals surface area contributed by atoms with E-state index >= 15 is 0 Å². The second kappa shape index (κ2) is 11.0. The highest BCUT2D eigenvalue weighted by molar-refractivity contribution is 6.36. The topological polar surface area (TPSA) is 71.3 Å². The van der Waals surface area contributed by atoms with Gasteiger partial charge in [-0.15, -0.1) is 0 Å². The maximum atomic E-state index is 12.6. The minimum absolute atomic E-state index is 0.104. The van der Waals surface area contributed by atoms with Crippen LogP contribution in [0.25, 0.3) is 16.8 Å². The number of nitrogens with one attached hydrogen (secondary N) is 1. The van der Waals surface area contributed by atoms with E-state index < -0.39 is 5.91 Å². The molecule has 0 bridgehead atoms. The van der Waals surface area contributed by atoms with Crippen molar-refractivity contribution in [3.8, 4) is 17.6 Å². The van der Waals surface area contributed by atoms with E-state index in [0.717, 1.165) is 16.3 Å². The number of carbonyl (C=O) groups excluding carboxylic acids is 1. The summed E-state index contributed by atoms with van der Waals surface area (Å²) in [5.74, 6) is 0.424. The van der Waals surface area contributed by atoms with Crippen LogP contribution in [-0.2, 0) is 11.4 Å². The molecule has 5 nitrogen and oxygen atoms in total. The number of hydrogen-bond donors (Lipinski definition) is 1. The van der Waals surface area contributed by atoms with E-state index in [1.54, 1.807) is 30.3 Å². The van der Waals surface area contributed by atoms with E-state index in [0.29, 0.717) is 39.4 Å². The number of anilines is 1. The molecule has 0 radical (unpaired) electrons. The third kappa shape index (κ3) is 5.75. The third-order valence-electron chi connectivity index (χ3n) is 5.30. The van der Waals surface area contributed by atoms with Crippen molar-refractivity contribution in [3.63, 3.8) is 0 Å². The van der Waals surface area contributed by atoms with Crippen LogP contribution in [0.5, 0.6) is 11.5 Å². The summed E-state index contributed by atoms with van der Waals surface area (Å²) in [7, 11) is 1.53. The van der Waals surface area contributed by atoms with E-state index in [4.69, 9.17) is 32.7 Å². The van der Waals surface area contributed by atoms with E-state index in [1.807, 2.05) is 30.3 Å². The van der Waals surface area contributed by atoms with Crippen molar-refractivity contribution in [1.29, 1.82) is 5.26 Å². The summed E-state index contributed by atoms with van der Waals surface area (Å²) in [6.07, 6.45) is 1.46. The van der Waals surface area contributed by atoms with Crippen molar-refractivity contribution in [3.05, 3.63) is 106 Å². The van der Waals surface area contributed by atoms with Crippen molar-refractivity contribution in [2.45, 2.75) is 6.61 Å². The minimum atomic E-state index is -0.605. The molecule has 35 heavy (non-hydrogen) atoms. The number of hydrogen-bond acceptors (Lipinski definition) is 4. The van der Waals surface area contributed by atoms with Gasteiger partial charge in [0.05, 0.1) is 17.8 Å². The highest BCUT2D eigenvalue weighted by Crippen LogP contribution is 2.31. The van der Waals surface area contributed by atoms with Crippen molar-refractivity contribution in [1.82, 2.24) is 0 Å². The first kappa shape index (κ1) is 24.2. The number of methoxy groups -OCH3 is 1. The molecule has 174 valence electrons. The molecule has 0 heterocycles. The largest absolute Gasteiger partial charge is 0.493 e. The van der Waals surface area contributed by atoms with Gasteiger partial charge in [0, 0.05) is 5.02 Å². The van der Waals surface area contributed by atoms with Crippen LogP contribution >= 0.6 is 23.2 Å². The van der Waals surface area contributed by atoms with Crippen LogP contribution < -0.4 is 14.8 Å². The van der Waals surface area contributed by atoms with Crippen molar-refractivity contribution < 1.29 is 14.3 Å². The van der Waals surface area contributed by atoms with E-state index in [9.17, 15) is 10.1 Å². The number of fused-ring (bicyclic) bond motifs is 1. The van der Waals surface area contributed by atoms with Crippen LogP contribution in [0, 0.1) is 11.3 Å². The van der Waals surface area contributed by atoms with Gasteiger partial charge in [0.1, 0.15) is 18.2 Å². The lowest BCUT2D eigenvalue weighted by Crippen LogP contribution is -2.13. The number of ether oxygens (including phenoxy) is 2. The normalized spacial score (nSPS) is 11.1. The quantitative estimate of drug-likeness (QED) is 0.213. The van der Waals surface area contributed by atoms with E-state index in [1.165, 1.54) is 19.3 Å². The maximum absolute atomic E-state index is 12.6. The first-order chi connectivity index (χ1) is 17.0. The third-order valence-corrected chi connectivity index (χ3v) is 5.87. The van der Waals surface area contributed by atoms with Crippen LogP contribution in [0.3, 0.4) is 0 Å². The summed E-state index contributed by atoms with van der Waals surface area (Å²) in [5.41, 5.74) is 1.87. The van der Waals surface area contributed by atoms with E-state index in [-0.39, 0.29) is 5.57 Å². The molecule has 0 atom stereocenters. The zero-order valence-electron chi connectivity index (χ0n) is 18.7. The fourth-order valence-electron chi connectivity index (χ4n) is 3.57. The smallest absolute Gasteiger partial charge is 0.266 e. The van der Waals surface area contributed by atoms with Gasteiger partial charge in [-0.25, -0.2) is 0 Å². The zero-order valence-corrected chi connectivity index (χ0v) is 20.2. The molecule has 4 aromatic carbocycles. The van der Waals surface area contributed by atoms with Crippen molar-refractivity contribution in [2.24, 2.45) is 0 Å². The van der Waals surface area contributed by atoms with Crippen molar-refractivity contribution in [2.75, 3.05) is 12.4 Å². The van der Waals surface area contributed by atoms with Crippen molar-refractivity contribution >= 4 is 51.6 Å². The van der Waals surface area contributed by atoms with Gasteiger partial charge in [0.15, 0.2) is 11.5 Å². The minimum Gasteiger partial charge on any atom is -0.493 e. The molecule has 0 unspecified atom stereocenters. The molecule has 1 amide bonds. The van der Waals surface area contributed by atoms with Crippen LogP contribution in [0.15, 0.2) is 84.4 Å². The van der Waals surface area contributed by atoms with Gasteiger partial charge in [0.2, 0.25) is 0 Å². The Morgan fingerprint density at radius 3 is 2.60 bits per heavy atom. The van der Waals surface area contributed by atoms with Gasteiger partial charge in [-0.3, -0.25) is 4.79 Å². The van der Waals surface area contributed by atoms with Crippen LogP contribution in [-0.4, -0.2) is 13.0 Å². The fraction of sp³-hybridized carbons (Fsp3) is 0.0714. The average Bonchev–Trinajstić information content (AvgIpc) is 2.88. The molecule has 0 aliphatic carbocycles. The first-order valence-corrected chi connectivity index (χ1v) is 11.4. The molecule has 4 rings (SSSR count). The number of benzene rings is 4. The lowest BCUT2D eigenvalue weighted by Gasteiger charge is -2.13. The average molecular weight is 503 g/mol. The van der Waals surface area contributed by atoms with Gasteiger partial charge in [-0.2, -0.15) is 5.26 Å². The lowest BCUT2D eigenvalue weighted by molar-refractivity contribution is -0.112. The maximum Gasteiger partial charge on any atom is 0.266 e. The Balaban J connectivity index is 1.53. The van der Waals surface area contributed by atoms with Crippen LogP contribution in [0.1, 0.15) is 11.1 Å². The van der Waals surface area contributed by atoms with Gasteiger partial charge in [0.25, 0.3) is 5.91 Å². The molecule has 0 aromatic heterocycles. The highest BCUT2D eigenvalue weighted by Gasteiger charge is 2.13.